The molecule has 2 N–H and O–H groups in total. The van der Waals surface area contributed by atoms with Crippen molar-refractivity contribution >= 4 is 0 Å². The SMILES string of the molecule is CC(C)=CCOC1CCCCC1CN. The summed E-state index contributed by atoms with van der Waals surface area (Å²) in [5.41, 5.74) is 7.05. The van der Waals surface area contributed by atoms with Gasteiger partial charge in [0.25, 0.3) is 0 Å². The minimum absolute atomic E-state index is 0.407. The van der Waals surface area contributed by atoms with Gasteiger partial charge in [-0.15, -0.1) is 0 Å². The Labute approximate surface area is 87.5 Å². The zero-order valence-corrected chi connectivity index (χ0v) is 9.46. The molecule has 0 radical (unpaired) electrons. The van der Waals surface area contributed by atoms with Gasteiger partial charge in [0.15, 0.2) is 0 Å². The van der Waals surface area contributed by atoms with Gasteiger partial charge in [0.1, 0.15) is 0 Å². The molecule has 0 bridgehead atoms. The molecule has 2 nitrogen and oxygen atoms in total. The lowest BCUT2D eigenvalue weighted by atomic mass is 9.86. The van der Waals surface area contributed by atoms with Crippen molar-refractivity contribution in [3.63, 3.8) is 0 Å². The topological polar surface area (TPSA) is 35.2 Å². The number of hydrogen-bond donors (Lipinski definition) is 1. The van der Waals surface area contributed by atoms with E-state index < -0.39 is 0 Å². The minimum atomic E-state index is 0.407. The maximum absolute atomic E-state index is 5.84. The summed E-state index contributed by atoms with van der Waals surface area (Å²) < 4.78 is 5.84. The molecule has 0 aromatic heterocycles. The highest BCUT2D eigenvalue weighted by molar-refractivity contribution is 4.93. The Bertz CT molecular complexity index is 185. The molecule has 2 heteroatoms. The largest absolute Gasteiger partial charge is 0.374 e. The molecule has 14 heavy (non-hydrogen) atoms. The van der Waals surface area contributed by atoms with E-state index in [1.165, 1.54) is 31.3 Å². The van der Waals surface area contributed by atoms with Gasteiger partial charge in [-0.1, -0.05) is 24.5 Å². The van der Waals surface area contributed by atoms with Crippen LogP contribution in [0.2, 0.25) is 0 Å². The van der Waals surface area contributed by atoms with Crippen LogP contribution in [0.4, 0.5) is 0 Å². The second-order valence-corrected chi connectivity index (χ2v) is 4.43. The molecule has 1 saturated carbocycles. The summed E-state index contributed by atoms with van der Waals surface area (Å²) in [4.78, 5) is 0. The van der Waals surface area contributed by atoms with Crippen LogP contribution < -0.4 is 5.73 Å². The highest BCUT2D eigenvalue weighted by atomic mass is 16.5. The van der Waals surface area contributed by atoms with E-state index >= 15 is 0 Å². The van der Waals surface area contributed by atoms with Gasteiger partial charge in [-0.3, -0.25) is 0 Å². The summed E-state index contributed by atoms with van der Waals surface area (Å²) in [5.74, 6) is 0.592. The summed E-state index contributed by atoms with van der Waals surface area (Å²) in [5, 5.41) is 0. The number of nitrogens with two attached hydrogens (primary N) is 1. The van der Waals surface area contributed by atoms with Crippen molar-refractivity contribution in [1.29, 1.82) is 0 Å². The summed E-state index contributed by atoms with van der Waals surface area (Å²) in [6.45, 7) is 5.73. The normalized spacial score (nSPS) is 27.4. The molecule has 82 valence electrons. The van der Waals surface area contributed by atoms with E-state index in [-0.39, 0.29) is 0 Å². The first kappa shape index (κ1) is 11.7. The first-order chi connectivity index (χ1) is 6.74. The molecule has 0 aliphatic heterocycles. The predicted octanol–water partition coefficient (Wildman–Crippen LogP) is 2.49. The lowest BCUT2D eigenvalue weighted by molar-refractivity contribution is 0.00680. The van der Waals surface area contributed by atoms with Crippen molar-refractivity contribution in [2.45, 2.75) is 45.6 Å². The fourth-order valence-electron chi connectivity index (χ4n) is 2.00. The standard InChI is InChI=1S/C12H23NO/c1-10(2)7-8-14-12-6-4-3-5-11(12)9-13/h7,11-12H,3-6,8-9,13H2,1-2H3. The van der Waals surface area contributed by atoms with Gasteiger partial charge >= 0.3 is 0 Å². The molecule has 1 aliphatic rings. The van der Waals surface area contributed by atoms with Gasteiger partial charge < -0.3 is 10.5 Å². The van der Waals surface area contributed by atoms with Crippen LogP contribution in [-0.2, 0) is 4.74 Å². The minimum Gasteiger partial charge on any atom is -0.374 e. The molecule has 1 rings (SSSR count). The van der Waals surface area contributed by atoms with E-state index in [9.17, 15) is 0 Å². The highest BCUT2D eigenvalue weighted by Gasteiger charge is 2.23. The molecular weight excluding hydrogens is 174 g/mol. The lowest BCUT2D eigenvalue weighted by Crippen LogP contribution is -2.33. The van der Waals surface area contributed by atoms with Gasteiger partial charge in [-0.25, -0.2) is 0 Å². The van der Waals surface area contributed by atoms with Gasteiger partial charge in [-0.2, -0.15) is 0 Å². The van der Waals surface area contributed by atoms with Gasteiger partial charge in [0.2, 0.25) is 0 Å². The molecule has 0 aromatic rings. The Morgan fingerprint density at radius 1 is 1.36 bits per heavy atom. The Morgan fingerprint density at radius 2 is 2.07 bits per heavy atom. The predicted molar refractivity (Wildman–Crippen MR) is 60.2 cm³/mol. The van der Waals surface area contributed by atoms with Crippen LogP contribution in [0.25, 0.3) is 0 Å². The van der Waals surface area contributed by atoms with Gasteiger partial charge in [0.05, 0.1) is 12.7 Å². The third-order valence-electron chi connectivity index (χ3n) is 2.94. The second-order valence-electron chi connectivity index (χ2n) is 4.43. The second kappa shape index (κ2) is 6.20. The average Bonchev–Trinajstić information content (AvgIpc) is 2.18. The Hall–Kier alpha value is -0.340. The van der Waals surface area contributed by atoms with Crippen molar-refractivity contribution in [3.05, 3.63) is 11.6 Å². The van der Waals surface area contributed by atoms with E-state index in [1.807, 2.05) is 0 Å². The summed E-state index contributed by atoms with van der Waals surface area (Å²) in [6.07, 6.45) is 7.61. The van der Waals surface area contributed by atoms with E-state index in [0.29, 0.717) is 12.0 Å². The first-order valence-electron chi connectivity index (χ1n) is 5.69. The van der Waals surface area contributed by atoms with Crippen molar-refractivity contribution < 1.29 is 4.74 Å². The molecule has 0 aromatic carbocycles. The molecule has 1 aliphatic carbocycles. The Kier molecular flexibility index (Phi) is 5.20. The van der Waals surface area contributed by atoms with E-state index in [2.05, 4.69) is 19.9 Å². The van der Waals surface area contributed by atoms with Crippen LogP contribution in [0.15, 0.2) is 11.6 Å². The fourth-order valence-corrected chi connectivity index (χ4v) is 2.00. The third-order valence-corrected chi connectivity index (χ3v) is 2.94. The Balaban J connectivity index is 2.29. The van der Waals surface area contributed by atoms with E-state index in [1.54, 1.807) is 0 Å². The molecule has 0 spiro atoms. The molecule has 2 atom stereocenters. The van der Waals surface area contributed by atoms with Crippen LogP contribution in [0.5, 0.6) is 0 Å². The van der Waals surface area contributed by atoms with E-state index in [4.69, 9.17) is 10.5 Å². The maximum atomic E-state index is 5.84. The van der Waals surface area contributed by atoms with Gasteiger partial charge in [-0.05, 0) is 39.2 Å². The number of allylic oxidation sites excluding steroid dienone is 1. The molecule has 2 unspecified atom stereocenters. The average molecular weight is 197 g/mol. The molecule has 1 fully saturated rings. The highest BCUT2D eigenvalue weighted by Crippen LogP contribution is 2.25. The van der Waals surface area contributed by atoms with Crippen molar-refractivity contribution in [1.82, 2.24) is 0 Å². The summed E-state index contributed by atoms with van der Waals surface area (Å²) >= 11 is 0. The van der Waals surface area contributed by atoms with Crippen molar-refractivity contribution in [2.75, 3.05) is 13.2 Å². The van der Waals surface area contributed by atoms with Crippen LogP contribution in [0.1, 0.15) is 39.5 Å². The summed E-state index contributed by atoms with van der Waals surface area (Å²) in [7, 11) is 0. The van der Waals surface area contributed by atoms with Crippen molar-refractivity contribution in [3.8, 4) is 0 Å². The van der Waals surface area contributed by atoms with Crippen LogP contribution >= 0.6 is 0 Å². The fraction of sp³-hybridized carbons (Fsp3) is 0.833. The van der Waals surface area contributed by atoms with Crippen LogP contribution in [-0.4, -0.2) is 19.3 Å². The van der Waals surface area contributed by atoms with Crippen molar-refractivity contribution in [2.24, 2.45) is 11.7 Å². The monoisotopic (exact) mass is 197 g/mol. The number of hydrogen-bond acceptors (Lipinski definition) is 2. The summed E-state index contributed by atoms with van der Waals surface area (Å²) in [6, 6.07) is 0. The molecular formula is C12H23NO. The molecule has 0 heterocycles. The molecule has 0 saturated heterocycles. The van der Waals surface area contributed by atoms with Crippen LogP contribution in [0, 0.1) is 5.92 Å². The quantitative estimate of drug-likeness (QED) is 0.703. The zero-order valence-electron chi connectivity index (χ0n) is 9.46. The molecule has 0 amide bonds. The van der Waals surface area contributed by atoms with Crippen LogP contribution in [0.3, 0.4) is 0 Å². The first-order valence-corrected chi connectivity index (χ1v) is 5.69. The lowest BCUT2D eigenvalue weighted by Gasteiger charge is -2.30. The third kappa shape index (κ3) is 3.81. The van der Waals surface area contributed by atoms with E-state index in [0.717, 1.165) is 13.2 Å². The number of ether oxygens (including phenoxy) is 1. The zero-order chi connectivity index (χ0) is 10.4. The van der Waals surface area contributed by atoms with Gasteiger partial charge in [0, 0.05) is 0 Å². The smallest absolute Gasteiger partial charge is 0.0653 e. The number of rotatable bonds is 4. The Morgan fingerprint density at radius 3 is 2.71 bits per heavy atom. The maximum Gasteiger partial charge on any atom is 0.0653 e.